The SMILES string of the molecule is CSc1nc(Nc2cc(C)[nH]n2)c(C)c(N2CCOCC2)n1. The van der Waals surface area contributed by atoms with Gasteiger partial charge in [-0.2, -0.15) is 5.10 Å². The van der Waals surface area contributed by atoms with Crippen molar-refractivity contribution in [1.29, 1.82) is 0 Å². The van der Waals surface area contributed by atoms with Crippen molar-refractivity contribution in [2.75, 3.05) is 42.8 Å². The van der Waals surface area contributed by atoms with Crippen LogP contribution in [-0.4, -0.2) is 52.7 Å². The van der Waals surface area contributed by atoms with Gasteiger partial charge in [-0.1, -0.05) is 11.8 Å². The number of thioether (sulfide) groups is 1. The molecule has 1 aliphatic heterocycles. The second-order valence-corrected chi connectivity index (χ2v) is 5.94. The fourth-order valence-corrected chi connectivity index (χ4v) is 2.74. The number of aryl methyl sites for hydroxylation is 1. The molecule has 0 atom stereocenters. The first kappa shape index (κ1) is 15.1. The molecule has 7 nitrogen and oxygen atoms in total. The van der Waals surface area contributed by atoms with Crippen molar-refractivity contribution < 1.29 is 4.74 Å². The molecule has 2 N–H and O–H groups in total. The Kier molecular flexibility index (Phi) is 4.49. The second kappa shape index (κ2) is 6.53. The van der Waals surface area contributed by atoms with E-state index in [9.17, 15) is 0 Å². The van der Waals surface area contributed by atoms with Crippen LogP contribution in [0.1, 0.15) is 11.3 Å². The Morgan fingerprint density at radius 3 is 2.68 bits per heavy atom. The lowest BCUT2D eigenvalue weighted by Crippen LogP contribution is -2.37. The summed E-state index contributed by atoms with van der Waals surface area (Å²) in [5.74, 6) is 2.53. The van der Waals surface area contributed by atoms with Gasteiger partial charge in [0.2, 0.25) is 0 Å². The molecule has 0 spiro atoms. The number of anilines is 3. The summed E-state index contributed by atoms with van der Waals surface area (Å²) in [6.07, 6.45) is 1.98. The summed E-state index contributed by atoms with van der Waals surface area (Å²) in [6, 6.07) is 1.95. The largest absolute Gasteiger partial charge is 0.378 e. The third kappa shape index (κ3) is 3.17. The molecule has 3 heterocycles. The second-order valence-electron chi connectivity index (χ2n) is 5.17. The highest BCUT2D eigenvalue weighted by Crippen LogP contribution is 2.28. The van der Waals surface area contributed by atoms with Gasteiger partial charge in [-0.15, -0.1) is 0 Å². The highest BCUT2D eigenvalue weighted by Gasteiger charge is 2.19. The van der Waals surface area contributed by atoms with Crippen molar-refractivity contribution in [3.63, 3.8) is 0 Å². The van der Waals surface area contributed by atoms with Gasteiger partial charge in [-0.25, -0.2) is 9.97 Å². The molecule has 118 valence electrons. The van der Waals surface area contributed by atoms with Crippen LogP contribution in [0.25, 0.3) is 0 Å². The smallest absolute Gasteiger partial charge is 0.191 e. The molecule has 2 aromatic heterocycles. The molecule has 0 aromatic carbocycles. The third-order valence-corrected chi connectivity index (χ3v) is 4.09. The molecule has 22 heavy (non-hydrogen) atoms. The molecule has 0 unspecified atom stereocenters. The zero-order valence-electron chi connectivity index (χ0n) is 13.0. The van der Waals surface area contributed by atoms with Crippen molar-refractivity contribution in [3.8, 4) is 0 Å². The molecule has 2 aromatic rings. The number of hydrogen-bond donors (Lipinski definition) is 2. The number of nitrogens with one attached hydrogen (secondary N) is 2. The molecule has 0 amide bonds. The lowest BCUT2D eigenvalue weighted by Gasteiger charge is -2.29. The third-order valence-electron chi connectivity index (χ3n) is 3.55. The monoisotopic (exact) mass is 320 g/mol. The minimum absolute atomic E-state index is 0.735. The molecule has 0 radical (unpaired) electrons. The minimum atomic E-state index is 0.735. The number of hydrogen-bond acceptors (Lipinski definition) is 7. The topological polar surface area (TPSA) is 79.0 Å². The van der Waals surface area contributed by atoms with Crippen LogP contribution in [0.3, 0.4) is 0 Å². The van der Waals surface area contributed by atoms with Gasteiger partial charge in [0.05, 0.1) is 13.2 Å². The quantitative estimate of drug-likeness (QED) is 0.660. The lowest BCUT2D eigenvalue weighted by atomic mass is 10.2. The van der Waals surface area contributed by atoms with Gasteiger partial charge < -0.3 is 15.0 Å². The summed E-state index contributed by atoms with van der Waals surface area (Å²) in [5.41, 5.74) is 2.04. The zero-order chi connectivity index (χ0) is 15.5. The van der Waals surface area contributed by atoms with Crippen LogP contribution in [0.5, 0.6) is 0 Å². The number of ether oxygens (including phenoxy) is 1. The van der Waals surface area contributed by atoms with E-state index in [-0.39, 0.29) is 0 Å². The fraction of sp³-hybridized carbons (Fsp3) is 0.500. The van der Waals surface area contributed by atoms with Crippen molar-refractivity contribution in [2.45, 2.75) is 19.0 Å². The van der Waals surface area contributed by atoms with E-state index in [0.717, 1.165) is 60.2 Å². The Balaban J connectivity index is 1.94. The van der Waals surface area contributed by atoms with E-state index in [1.54, 1.807) is 0 Å². The summed E-state index contributed by atoms with van der Waals surface area (Å²) in [4.78, 5) is 11.5. The maximum Gasteiger partial charge on any atom is 0.191 e. The molecule has 8 heteroatoms. The molecule has 3 rings (SSSR count). The first-order valence-corrected chi connectivity index (χ1v) is 8.44. The summed E-state index contributed by atoms with van der Waals surface area (Å²) in [6.45, 7) is 7.19. The van der Waals surface area contributed by atoms with Gasteiger partial charge in [-0.05, 0) is 20.1 Å². The minimum Gasteiger partial charge on any atom is -0.378 e. The summed E-state index contributed by atoms with van der Waals surface area (Å²) in [5, 5.41) is 11.2. The van der Waals surface area contributed by atoms with Gasteiger partial charge in [0.15, 0.2) is 11.0 Å². The van der Waals surface area contributed by atoms with Crippen LogP contribution < -0.4 is 10.2 Å². The number of rotatable bonds is 4. The fourth-order valence-electron chi connectivity index (χ4n) is 2.38. The van der Waals surface area contributed by atoms with Crippen molar-refractivity contribution in [3.05, 3.63) is 17.3 Å². The maximum absolute atomic E-state index is 5.43. The zero-order valence-corrected chi connectivity index (χ0v) is 13.8. The molecular weight excluding hydrogens is 300 g/mol. The molecule has 1 aliphatic rings. The average molecular weight is 320 g/mol. The Morgan fingerprint density at radius 2 is 2.05 bits per heavy atom. The first-order valence-electron chi connectivity index (χ1n) is 7.21. The standard InChI is InChI=1S/C14H20N6OS/c1-9-8-11(19-18-9)15-12-10(2)13(17-14(16-12)22-3)20-4-6-21-7-5-20/h8H,4-7H2,1-3H3,(H2,15,16,17,18,19). The van der Waals surface area contributed by atoms with E-state index < -0.39 is 0 Å². The maximum atomic E-state index is 5.43. The Hall–Kier alpha value is -1.80. The molecule has 0 aliphatic carbocycles. The van der Waals surface area contributed by atoms with Gasteiger partial charge in [-0.3, -0.25) is 5.10 Å². The number of aromatic nitrogens is 4. The van der Waals surface area contributed by atoms with Crippen LogP contribution in [0.15, 0.2) is 11.2 Å². The number of nitrogens with zero attached hydrogens (tertiary/aromatic N) is 4. The molecule has 1 fully saturated rings. The van der Waals surface area contributed by atoms with Gasteiger partial charge in [0, 0.05) is 30.4 Å². The number of morpholine rings is 1. The van der Waals surface area contributed by atoms with E-state index in [0.29, 0.717) is 0 Å². The van der Waals surface area contributed by atoms with Gasteiger partial charge >= 0.3 is 0 Å². The summed E-state index contributed by atoms with van der Waals surface area (Å²) >= 11 is 1.54. The van der Waals surface area contributed by atoms with Gasteiger partial charge in [0.1, 0.15) is 11.6 Å². The van der Waals surface area contributed by atoms with Crippen LogP contribution in [0, 0.1) is 13.8 Å². The van der Waals surface area contributed by atoms with Crippen LogP contribution in [0.4, 0.5) is 17.5 Å². The predicted molar refractivity (Wildman–Crippen MR) is 88.2 cm³/mol. The summed E-state index contributed by atoms with van der Waals surface area (Å²) in [7, 11) is 0. The van der Waals surface area contributed by atoms with Gasteiger partial charge in [0.25, 0.3) is 0 Å². The Morgan fingerprint density at radius 1 is 1.27 bits per heavy atom. The highest BCUT2D eigenvalue weighted by atomic mass is 32.2. The molecule has 0 bridgehead atoms. The van der Waals surface area contributed by atoms with Crippen molar-refractivity contribution in [2.24, 2.45) is 0 Å². The first-order chi connectivity index (χ1) is 10.7. The van der Waals surface area contributed by atoms with E-state index in [4.69, 9.17) is 4.74 Å². The van der Waals surface area contributed by atoms with Crippen LogP contribution >= 0.6 is 11.8 Å². The van der Waals surface area contributed by atoms with Crippen molar-refractivity contribution >= 4 is 29.2 Å². The molecule has 0 saturated carbocycles. The highest BCUT2D eigenvalue weighted by molar-refractivity contribution is 7.98. The summed E-state index contributed by atoms with van der Waals surface area (Å²) < 4.78 is 5.43. The molecule has 1 saturated heterocycles. The number of aromatic amines is 1. The van der Waals surface area contributed by atoms with Crippen molar-refractivity contribution in [1.82, 2.24) is 20.2 Å². The Labute approximate surface area is 133 Å². The normalized spacial score (nSPS) is 15.1. The van der Waals surface area contributed by atoms with Crippen LogP contribution in [0.2, 0.25) is 0 Å². The average Bonchev–Trinajstić information content (AvgIpc) is 2.95. The lowest BCUT2D eigenvalue weighted by molar-refractivity contribution is 0.122. The van der Waals surface area contributed by atoms with E-state index in [1.807, 2.05) is 26.2 Å². The van der Waals surface area contributed by atoms with Crippen LogP contribution in [-0.2, 0) is 4.74 Å². The predicted octanol–water partition coefficient (Wildman–Crippen LogP) is 2.12. The van der Waals surface area contributed by atoms with E-state index in [1.165, 1.54) is 11.8 Å². The number of H-pyrrole nitrogens is 1. The van der Waals surface area contributed by atoms with E-state index >= 15 is 0 Å². The Bertz CT molecular complexity index is 653. The molecular formula is C14H20N6OS. The van der Waals surface area contributed by atoms with E-state index in [2.05, 4.69) is 30.4 Å².